The summed E-state index contributed by atoms with van der Waals surface area (Å²) >= 11 is 0. The Morgan fingerprint density at radius 2 is 1.25 bits per heavy atom. The number of carbonyl (C=O) groups excluding carboxylic acids is 12. The summed E-state index contributed by atoms with van der Waals surface area (Å²) in [5.74, 6) is -26.8. The van der Waals surface area contributed by atoms with E-state index in [-0.39, 0.29) is 38.8 Å². The third kappa shape index (κ3) is 25.9. The van der Waals surface area contributed by atoms with Gasteiger partial charge in [-0.1, -0.05) is 80.0 Å². The fourth-order valence-corrected chi connectivity index (χ4v) is 9.74. The summed E-state index contributed by atoms with van der Waals surface area (Å²) < 4.78 is 0. The first-order valence-electron chi connectivity index (χ1n) is 30.7. The van der Waals surface area contributed by atoms with Gasteiger partial charge in [-0.3, -0.25) is 71.9 Å². The van der Waals surface area contributed by atoms with Crippen molar-refractivity contribution in [2.75, 3.05) is 26.2 Å². The minimum Gasteiger partial charge on any atom is -0.481 e. The molecule has 0 aromatic rings. The van der Waals surface area contributed by atoms with Gasteiger partial charge in [-0.15, -0.1) is 0 Å². The van der Waals surface area contributed by atoms with E-state index in [1.165, 1.54) is 40.7 Å². The second kappa shape index (κ2) is 38.7. The maximum absolute atomic E-state index is 14.9. The van der Waals surface area contributed by atoms with E-state index in [0.717, 1.165) is 37.7 Å². The van der Waals surface area contributed by atoms with Crippen LogP contribution >= 0.6 is 0 Å². The third-order valence-corrected chi connectivity index (χ3v) is 15.6. The van der Waals surface area contributed by atoms with E-state index in [0.29, 0.717) is 12.3 Å². The van der Waals surface area contributed by atoms with Crippen LogP contribution in [0.2, 0.25) is 0 Å². The molecule has 5 unspecified atom stereocenters. The fraction of sp³-hybridized carbons (Fsp3) is 0.661. The van der Waals surface area contributed by atoms with Crippen LogP contribution in [-0.4, -0.2) is 218 Å². The summed E-state index contributed by atoms with van der Waals surface area (Å²) in [4.78, 5) is 219. The summed E-state index contributed by atoms with van der Waals surface area (Å²) in [6, 6.07) is -18.8. The van der Waals surface area contributed by atoms with Crippen LogP contribution in [0, 0.1) is 35.5 Å². The second-order valence-electron chi connectivity index (χ2n) is 24.0. The van der Waals surface area contributed by atoms with Crippen LogP contribution in [0.15, 0.2) is 24.3 Å². The number of unbranched alkanes of at least 4 members (excludes halogenated alkanes) is 1. The number of carbonyl (C=O) groups is 16. The largest absolute Gasteiger partial charge is 0.481 e. The van der Waals surface area contributed by atoms with Crippen molar-refractivity contribution in [1.82, 2.24) is 63.4 Å². The van der Waals surface area contributed by atoms with E-state index < -0.39 is 210 Å². The van der Waals surface area contributed by atoms with E-state index in [1.807, 2.05) is 22.9 Å². The molecule has 2 fully saturated rings. The number of allylic oxidation sites excluding steroid dienone is 3. The Hall–Kier alpha value is -9.08. The van der Waals surface area contributed by atoms with Crippen molar-refractivity contribution in [1.29, 1.82) is 0 Å². The van der Waals surface area contributed by atoms with Gasteiger partial charge in [0.25, 0.3) is 0 Å². The molecule has 0 bridgehead atoms. The van der Waals surface area contributed by atoms with Gasteiger partial charge >= 0.3 is 23.9 Å². The van der Waals surface area contributed by atoms with Gasteiger partial charge in [0.15, 0.2) is 6.10 Å². The number of fused-ring (bicyclic) bond motifs is 1. The van der Waals surface area contributed by atoms with Crippen LogP contribution in [0.25, 0.3) is 0 Å². The number of aliphatic carboxylic acids is 4. The average Bonchev–Trinajstić information content (AvgIpc) is 1.79. The van der Waals surface area contributed by atoms with E-state index >= 15 is 0 Å². The number of aliphatic hydroxyl groups is 1. The highest BCUT2D eigenvalue weighted by atomic mass is 16.4. The molecule has 0 saturated carbocycles. The van der Waals surface area contributed by atoms with E-state index in [9.17, 15) is 102 Å². The second-order valence-corrected chi connectivity index (χ2v) is 24.0. The molecular weight excluding hydrogens is 1230 g/mol. The molecule has 0 aromatic carbocycles. The van der Waals surface area contributed by atoms with Gasteiger partial charge in [0.1, 0.15) is 60.9 Å². The van der Waals surface area contributed by atoms with Gasteiger partial charge in [0, 0.05) is 12.6 Å². The highest BCUT2D eigenvalue weighted by molar-refractivity contribution is 6.02. The first kappa shape index (κ1) is 80.0. The molecule has 18 N–H and O–H groups in total. The molecule has 0 aromatic heterocycles. The summed E-state index contributed by atoms with van der Waals surface area (Å²) in [6.45, 7) is 12.8. The van der Waals surface area contributed by atoms with E-state index in [4.69, 9.17) is 5.73 Å². The Kier molecular flexibility index (Phi) is 33.3. The highest BCUT2D eigenvalue weighted by Gasteiger charge is 2.46. The number of nitrogens with zero attached hydrogens (tertiary/aromatic N) is 1. The lowest BCUT2D eigenvalue weighted by molar-refractivity contribution is -0.153. The zero-order valence-corrected chi connectivity index (χ0v) is 53.9. The molecule has 520 valence electrons. The maximum atomic E-state index is 14.9. The average molecular weight is 1320 g/mol. The predicted molar refractivity (Wildman–Crippen MR) is 327 cm³/mol. The Labute approximate surface area is 537 Å². The number of nitrogens with two attached hydrogens (primary N) is 1. The zero-order valence-electron chi connectivity index (χ0n) is 53.9. The van der Waals surface area contributed by atoms with Gasteiger partial charge in [0.2, 0.25) is 70.9 Å². The number of aliphatic hydroxyl groups excluding tert-OH is 1. The lowest BCUT2D eigenvalue weighted by Gasteiger charge is -2.34. The van der Waals surface area contributed by atoms with Crippen molar-refractivity contribution in [3.63, 3.8) is 0 Å². The van der Waals surface area contributed by atoms with Crippen molar-refractivity contribution >= 4 is 94.8 Å². The lowest BCUT2D eigenvalue weighted by atomic mass is 9.97. The fourth-order valence-electron chi connectivity index (χ4n) is 9.74. The molecule has 15 atom stereocenters. The molecule has 34 nitrogen and oxygen atoms in total. The van der Waals surface area contributed by atoms with Crippen molar-refractivity contribution in [3.8, 4) is 0 Å². The van der Waals surface area contributed by atoms with Gasteiger partial charge in [-0.25, -0.2) is 4.79 Å². The molecular formula is C59H93N13O21. The molecule has 12 amide bonds. The molecule has 2 saturated heterocycles. The molecule has 34 heteroatoms. The first-order valence-corrected chi connectivity index (χ1v) is 30.7. The van der Waals surface area contributed by atoms with E-state index in [2.05, 4.69) is 49.5 Å². The Morgan fingerprint density at radius 3 is 1.82 bits per heavy atom. The van der Waals surface area contributed by atoms with Gasteiger partial charge in [-0.2, -0.15) is 0 Å². The molecule has 0 radical (unpaired) electrons. The van der Waals surface area contributed by atoms with Gasteiger partial charge < -0.3 is 94.7 Å². The van der Waals surface area contributed by atoms with E-state index in [1.54, 1.807) is 19.1 Å². The molecule has 2 aliphatic heterocycles. The standard InChI is InChI=1S/C59H93N13O21/c1-11-29(6)18-14-12-13-15-20-37(73)66-44(32(9)58(90)91)54(86)70-45-33(10)63-51(83)36-22-30(7)26-72(36)57(89)42(28(4)5)69-53(85)43(31(8)48(80)62-25-40(77)78)67-38(74)24-61-49(81)35(23-39(75)76)65-56(88)46(47(79)59(92)93)71-50(82)34(19-16-17-21-60)64-52(84)41(27(2)3)68-55(45)87/h12-13,15,20,27-36,41-47,79H,11,14,16-19,21-26,60H2,1-10H3,(H,61,81)(H,62,80)(H,63,83)(H,64,84)(H,65,88)(H,66,73)(H,67,74)(H,68,87)(H,69,85)(H,70,86)(H,71,82)(H,75,76)(H,77,78)(H,90,91)(H,92,93)/b13-12-,20-15+/t29?,30-,31?,32?,33?,34+,35+,36+,41-,42+,43-,44+,45+,46+,47?/m1/s1. The quantitative estimate of drug-likeness (QED) is 0.0233. The topological polar surface area (TPSA) is 536 Å². The van der Waals surface area contributed by atoms with Gasteiger partial charge in [0.05, 0.1) is 30.8 Å². The monoisotopic (exact) mass is 1320 g/mol. The highest BCUT2D eigenvalue weighted by Crippen LogP contribution is 2.26. The van der Waals surface area contributed by atoms with Crippen molar-refractivity contribution in [3.05, 3.63) is 24.3 Å². The number of nitrogens with one attached hydrogen (secondary N) is 11. The van der Waals surface area contributed by atoms with Crippen LogP contribution < -0.4 is 64.2 Å². The Bertz CT molecular complexity index is 2800. The van der Waals surface area contributed by atoms with Crippen LogP contribution in [-0.2, 0) is 76.7 Å². The number of hydrogen-bond donors (Lipinski definition) is 17. The Morgan fingerprint density at radius 1 is 0.656 bits per heavy atom. The maximum Gasteiger partial charge on any atom is 0.335 e. The number of carboxylic acids is 4. The number of hydrogen-bond acceptors (Lipinski definition) is 18. The summed E-state index contributed by atoms with van der Waals surface area (Å²) in [6.07, 6.45) is 3.99. The predicted octanol–water partition coefficient (Wildman–Crippen LogP) is -4.41. The van der Waals surface area contributed by atoms with Crippen molar-refractivity contribution in [2.45, 2.75) is 187 Å². The first-order chi connectivity index (χ1) is 43.5. The summed E-state index contributed by atoms with van der Waals surface area (Å²) in [5, 5.41) is 74.8. The van der Waals surface area contributed by atoms with Gasteiger partial charge in [-0.05, 0) is 82.6 Å². The molecule has 2 aliphatic rings. The van der Waals surface area contributed by atoms with Crippen molar-refractivity contribution in [2.24, 2.45) is 41.2 Å². The summed E-state index contributed by atoms with van der Waals surface area (Å²) in [7, 11) is 0. The molecule has 2 heterocycles. The zero-order chi connectivity index (χ0) is 70.7. The van der Waals surface area contributed by atoms with Crippen LogP contribution in [0.5, 0.6) is 0 Å². The SMILES string of the molecule is CCC(C)CC/C=C\C=C\C(=O)N[C@H](C(=O)N[C@@H]1C(=O)N[C@H](C(C)C)C(=O)N[C@@H](CCCCN)C(=O)N[C@@H](C(O)C(=O)O)C(=O)N[C@@H](CC(=O)O)C(=O)NCC(=O)N[C@H](C(C)C(=O)NCC(=O)O)C(=O)N[C@@H](C(C)C)C(=O)N2C[C@H](C)C[C@H]2C(=O)NC1C)C(C)C(=O)O. The van der Waals surface area contributed by atoms with Crippen molar-refractivity contribution < 1.29 is 102 Å². The molecule has 93 heavy (non-hydrogen) atoms. The van der Waals surface area contributed by atoms with Crippen LogP contribution in [0.1, 0.15) is 121 Å². The smallest absolute Gasteiger partial charge is 0.335 e. The molecule has 0 aliphatic carbocycles. The molecule has 0 spiro atoms. The number of carboxylic acid groups (broad SMARTS) is 4. The van der Waals surface area contributed by atoms with Crippen LogP contribution in [0.4, 0.5) is 0 Å². The normalized spacial score (nSPS) is 25.4. The lowest BCUT2D eigenvalue weighted by Crippen LogP contribution is -2.65. The van der Waals surface area contributed by atoms with Crippen LogP contribution in [0.3, 0.4) is 0 Å². The third-order valence-electron chi connectivity index (χ3n) is 15.6. The minimum absolute atomic E-state index is 0.0437. The summed E-state index contributed by atoms with van der Waals surface area (Å²) in [5.41, 5.74) is 5.70. The number of amides is 12. The number of rotatable bonds is 25. The molecule has 2 rings (SSSR count). The Balaban J connectivity index is 3.00. The minimum atomic E-state index is -2.86.